The number of benzene rings is 1. The molecular weight excluding hydrogens is 322 g/mol. The largest absolute Gasteiger partial charge is 0.504 e. The fourth-order valence-corrected chi connectivity index (χ4v) is 3.41. The summed E-state index contributed by atoms with van der Waals surface area (Å²) in [5, 5.41) is 23.5. The average Bonchev–Trinajstić information content (AvgIpc) is 3.25. The zero-order chi connectivity index (χ0) is 16.7. The number of thiophene rings is 1. The van der Waals surface area contributed by atoms with Gasteiger partial charge in [-0.3, -0.25) is 4.79 Å². The van der Waals surface area contributed by atoms with Crippen molar-refractivity contribution in [2.45, 2.75) is 0 Å². The van der Waals surface area contributed by atoms with E-state index in [2.05, 4.69) is 16.4 Å². The van der Waals surface area contributed by atoms with Crippen LogP contribution >= 0.6 is 11.3 Å². The van der Waals surface area contributed by atoms with Crippen LogP contribution < -0.4 is 5.56 Å². The zero-order valence-electron chi connectivity index (χ0n) is 12.4. The molecule has 0 atom stereocenters. The number of hydrogen-bond donors (Lipinski definition) is 2. The predicted octanol–water partition coefficient (Wildman–Crippen LogP) is 3.62. The van der Waals surface area contributed by atoms with Crippen molar-refractivity contribution in [1.29, 1.82) is 5.26 Å². The summed E-state index contributed by atoms with van der Waals surface area (Å²) in [5.74, 6) is -0.303. The molecule has 0 spiro atoms. The fraction of sp³-hybridized carbons (Fsp3) is 0. The average molecular weight is 333 g/mol. The van der Waals surface area contributed by atoms with Crippen LogP contribution in [0.4, 0.5) is 0 Å². The molecule has 0 unspecified atom stereocenters. The summed E-state index contributed by atoms with van der Waals surface area (Å²) in [7, 11) is 0. The lowest BCUT2D eigenvalue weighted by Gasteiger charge is -2.08. The number of aromatic amines is 1. The van der Waals surface area contributed by atoms with Crippen molar-refractivity contribution in [2.24, 2.45) is 0 Å². The Kier molecular flexibility index (Phi) is 3.22. The Balaban J connectivity index is 1.88. The third-order valence-electron chi connectivity index (χ3n) is 3.93. The van der Waals surface area contributed by atoms with Crippen molar-refractivity contribution in [1.82, 2.24) is 9.55 Å². The van der Waals surface area contributed by atoms with Gasteiger partial charge in [0.05, 0.1) is 5.52 Å². The molecule has 0 saturated heterocycles. The number of pyridine rings is 1. The number of hydrogen-bond acceptors (Lipinski definition) is 4. The number of aromatic nitrogens is 2. The molecule has 6 heteroatoms. The van der Waals surface area contributed by atoms with Crippen molar-refractivity contribution in [3.05, 3.63) is 69.3 Å². The van der Waals surface area contributed by atoms with Crippen LogP contribution in [0.25, 0.3) is 27.8 Å². The molecule has 4 aromatic rings. The molecule has 0 amide bonds. The van der Waals surface area contributed by atoms with E-state index in [1.54, 1.807) is 34.2 Å². The number of fused-ring (bicyclic) bond motifs is 1. The molecule has 0 aliphatic rings. The van der Waals surface area contributed by atoms with Crippen LogP contribution in [0, 0.1) is 11.3 Å². The Hall–Kier alpha value is -3.30. The second-order valence-electron chi connectivity index (χ2n) is 5.30. The monoisotopic (exact) mass is 333 g/mol. The molecule has 5 nitrogen and oxygen atoms in total. The Morgan fingerprint density at radius 2 is 1.92 bits per heavy atom. The number of aromatic hydroxyl groups is 1. The van der Waals surface area contributed by atoms with Crippen LogP contribution in [0.15, 0.2) is 58.1 Å². The van der Waals surface area contributed by atoms with E-state index in [4.69, 9.17) is 5.26 Å². The summed E-state index contributed by atoms with van der Waals surface area (Å²) in [6, 6.07) is 13.4. The zero-order valence-corrected chi connectivity index (χ0v) is 13.2. The third kappa shape index (κ3) is 2.11. The first-order valence-corrected chi connectivity index (χ1v) is 8.13. The quantitative estimate of drug-likeness (QED) is 0.588. The predicted molar refractivity (Wildman–Crippen MR) is 93.6 cm³/mol. The van der Waals surface area contributed by atoms with Crippen molar-refractivity contribution in [3.8, 4) is 28.6 Å². The van der Waals surface area contributed by atoms with Crippen molar-refractivity contribution in [3.63, 3.8) is 0 Å². The molecule has 3 aromatic heterocycles. The first kappa shape index (κ1) is 14.3. The van der Waals surface area contributed by atoms with Gasteiger partial charge in [-0.1, -0.05) is 12.1 Å². The highest BCUT2D eigenvalue weighted by Gasteiger charge is 2.15. The van der Waals surface area contributed by atoms with Crippen LogP contribution in [0.5, 0.6) is 5.75 Å². The van der Waals surface area contributed by atoms with E-state index in [0.717, 1.165) is 16.8 Å². The number of nitrogens with one attached hydrogen (secondary N) is 1. The first-order valence-electron chi connectivity index (χ1n) is 7.18. The van der Waals surface area contributed by atoms with Crippen LogP contribution in [-0.4, -0.2) is 14.7 Å². The standard InChI is InChI=1S/C18H11N3O2S/c19-9-14-17(22)16-15(20-18(14)23)5-7-21(16)13-3-1-11(2-4-13)12-6-8-24-10-12/h1-8,10H,(H2,20,22,23). The minimum Gasteiger partial charge on any atom is -0.504 e. The van der Waals surface area contributed by atoms with Gasteiger partial charge in [0, 0.05) is 11.9 Å². The van der Waals surface area contributed by atoms with Crippen LogP contribution in [0.3, 0.4) is 0 Å². The third-order valence-corrected chi connectivity index (χ3v) is 4.62. The minimum atomic E-state index is -0.590. The van der Waals surface area contributed by atoms with Crippen molar-refractivity contribution >= 4 is 22.4 Å². The molecule has 2 N–H and O–H groups in total. The van der Waals surface area contributed by atoms with Gasteiger partial charge in [0.2, 0.25) is 0 Å². The summed E-state index contributed by atoms with van der Waals surface area (Å²) < 4.78 is 1.75. The first-order chi connectivity index (χ1) is 11.7. The lowest BCUT2D eigenvalue weighted by Crippen LogP contribution is -2.10. The number of nitriles is 1. The fourth-order valence-electron chi connectivity index (χ4n) is 2.75. The second-order valence-corrected chi connectivity index (χ2v) is 6.08. The molecule has 24 heavy (non-hydrogen) atoms. The van der Waals surface area contributed by atoms with Gasteiger partial charge >= 0.3 is 0 Å². The maximum atomic E-state index is 11.8. The van der Waals surface area contributed by atoms with Gasteiger partial charge in [-0.25, -0.2) is 0 Å². The highest BCUT2D eigenvalue weighted by atomic mass is 32.1. The number of rotatable bonds is 2. The van der Waals surface area contributed by atoms with Crippen molar-refractivity contribution < 1.29 is 5.11 Å². The van der Waals surface area contributed by atoms with Crippen LogP contribution in [0.1, 0.15) is 5.56 Å². The second kappa shape index (κ2) is 5.41. The maximum Gasteiger partial charge on any atom is 0.270 e. The van der Waals surface area contributed by atoms with Gasteiger partial charge in [-0.05, 0) is 46.2 Å². The molecule has 4 rings (SSSR count). The summed E-state index contributed by atoms with van der Waals surface area (Å²) >= 11 is 1.64. The molecule has 0 bridgehead atoms. The Bertz CT molecular complexity index is 1130. The smallest absolute Gasteiger partial charge is 0.270 e. The summed E-state index contributed by atoms with van der Waals surface area (Å²) in [6.45, 7) is 0. The molecule has 116 valence electrons. The summed E-state index contributed by atoms with van der Waals surface area (Å²) in [4.78, 5) is 14.4. The number of nitrogens with zero attached hydrogens (tertiary/aromatic N) is 2. The van der Waals surface area contributed by atoms with E-state index in [-0.39, 0.29) is 11.3 Å². The van der Waals surface area contributed by atoms with E-state index in [1.165, 1.54) is 0 Å². The van der Waals surface area contributed by atoms with Gasteiger partial charge < -0.3 is 14.7 Å². The molecule has 0 aliphatic carbocycles. The Morgan fingerprint density at radius 1 is 1.12 bits per heavy atom. The molecule has 0 aliphatic heterocycles. The molecular formula is C18H11N3O2S. The van der Waals surface area contributed by atoms with Crippen LogP contribution in [0.2, 0.25) is 0 Å². The molecule has 3 heterocycles. The van der Waals surface area contributed by atoms with E-state index in [0.29, 0.717) is 11.0 Å². The SMILES string of the molecule is N#Cc1c(O)c2c(ccn2-c2ccc(-c3ccsc3)cc2)[nH]c1=O. The molecule has 1 aromatic carbocycles. The van der Waals surface area contributed by atoms with Gasteiger partial charge in [0.15, 0.2) is 11.3 Å². The topological polar surface area (TPSA) is 81.8 Å². The maximum absolute atomic E-state index is 11.8. The Labute approximate surface area is 140 Å². The van der Waals surface area contributed by atoms with Crippen molar-refractivity contribution in [2.75, 3.05) is 0 Å². The van der Waals surface area contributed by atoms with Gasteiger partial charge in [-0.15, -0.1) is 0 Å². The highest BCUT2D eigenvalue weighted by Crippen LogP contribution is 2.29. The van der Waals surface area contributed by atoms with Gasteiger partial charge in [-0.2, -0.15) is 16.6 Å². The van der Waals surface area contributed by atoms with E-state index < -0.39 is 5.56 Å². The molecule has 0 fully saturated rings. The molecule has 0 radical (unpaired) electrons. The minimum absolute atomic E-state index is 0.280. The molecule has 0 saturated carbocycles. The van der Waals surface area contributed by atoms with E-state index in [9.17, 15) is 9.90 Å². The van der Waals surface area contributed by atoms with Gasteiger partial charge in [0.1, 0.15) is 11.6 Å². The summed E-state index contributed by atoms with van der Waals surface area (Å²) in [6.07, 6.45) is 1.75. The van der Waals surface area contributed by atoms with Crippen LogP contribution in [-0.2, 0) is 0 Å². The highest BCUT2D eigenvalue weighted by molar-refractivity contribution is 7.08. The lowest BCUT2D eigenvalue weighted by atomic mass is 10.1. The normalized spacial score (nSPS) is 10.8. The lowest BCUT2D eigenvalue weighted by molar-refractivity contribution is 0.476. The van der Waals surface area contributed by atoms with E-state index in [1.807, 2.05) is 29.6 Å². The van der Waals surface area contributed by atoms with E-state index >= 15 is 0 Å². The number of H-pyrrole nitrogens is 1. The van der Waals surface area contributed by atoms with Gasteiger partial charge in [0.25, 0.3) is 5.56 Å². The Morgan fingerprint density at radius 3 is 2.58 bits per heavy atom. The summed E-state index contributed by atoms with van der Waals surface area (Å²) in [5.41, 5.74) is 3.11.